The van der Waals surface area contributed by atoms with Crippen LogP contribution in [-0.2, 0) is 0 Å². The first-order valence-electron chi connectivity index (χ1n) is 8.93. The normalized spacial score (nSPS) is 15.0. The molecular weight excluding hydrogens is 397 g/mol. The number of hydrazone groups is 1. The highest BCUT2D eigenvalue weighted by molar-refractivity contribution is 7.98. The molecule has 0 atom stereocenters. The lowest BCUT2D eigenvalue weighted by Crippen LogP contribution is -2.39. The molecule has 2 aromatic rings. The molecule has 1 heterocycles. The Balaban J connectivity index is 1.76. The van der Waals surface area contributed by atoms with Crippen molar-refractivity contribution >= 4 is 35.2 Å². The van der Waals surface area contributed by atoms with Crippen molar-refractivity contribution in [2.75, 3.05) is 13.1 Å². The topological polar surface area (TPSA) is 66.0 Å². The zero-order chi connectivity index (χ0) is 20.1. The Morgan fingerprint density at radius 2 is 1.93 bits per heavy atom. The highest BCUT2D eigenvalue weighted by Crippen LogP contribution is 2.20. The van der Waals surface area contributed by atoms with Crippen LogP contribution in [0.4, 0.5) is 4.39 Å². The predicted molar refractivity (Wildman–Crippen MR) is 115 cm³/mol. The van der Waals surface area contributed by atoms with Gasteiger partial charge in [-0.15, -0.1) is 0 Å². The molecule has 0 saturated carbocycles. The lowest BCUT2D eigenvalue weighted by atomic mass is 10.1. The summed E-state index contributed by atoms with van der Waals surface area (Å²) in [6.07, 6.45) is 0.754. The Morgan fingerprint density at radius 3 is 2.57 bits per heavy atom. The molecule has 2 aromatic carbocycles. The fourth-order valence-corrected chi connectivity index (χ4v) is 3.28. The molecule has 1 aliphatic rings. The molecule has 0 aromatic heterocycles. The van der Waals surface area contributed by atoms with Gasteiger partial charge in [0.15, 0.2) is 0 Å². The highest BCUT2D eigenvalue weighted by atomic mass is 35.5. The first kappa shape index (κ1) is 20.6. The Bertz CT molecular complexity index is 860. The lowest BCUT2D eigenvalue weighted by molar-refractivity contribution is 0.468. The largest absolute Gasteiger partial charge is 0.324 e. The molecule has 0 radical (unpaired) electrons. The monoisotopic (exact) mass is 419 g/mol. The van der Waals surface area contributed by atoms with Gasteiger partial charge in [-0.1, -0.05) is 23.7 Å². The van der Waals surface area contributed by atoms with Crippen molar-refractivity contribution in [1.29, 1.82) is 0 Å². The average molecular weight is 420 g/mol. The van der Waals surface area contributed by atoms with E-state index >= 15 is 0 Å². The second-order valence-corrected chi connectivity index (χ2v) is 8.53. The van der Waals surface area contributed by atoms with Crippen molar-refractivity contribution in [3.8, 4) is 0 Å². The summed E-state index contributed by atoms with van der Waals surface area (Å²) in [7, 11) is 0. The summed E-state index contributed by atoms with van der Waals surface area (Å²) >= 11 is 7.38. The molecule has 8 heteroatoms. The van der Waals surface area contributed by atoms with E-state index in [1.165, 1.54) is 24.1 Å². The van der Waals surface area contributed by atoms with Crippen LogP contribution in [0.25, 0.3) is 0 Å². The quantitative estimate of drug-likeness (QED) is 0.431. The SMILES string of the molecule is CC(C)(N)CN=C(NSc1ccc(Cl)cc1)N1CCC(c2ccc(F)cc2)=N1. The zero-order valence-corrected chi connectivity index (χ0v) is 17.4. The summed E-state index contributed by atoms with van der Waals surface area (Å²) in [5.41, 5.74) is 7.47. The molecule has 0 unspecified atom stereocenters. The van der Waals surface area contributed by atoms with E-state index in [0.717, 1.165) is 22.6 Å². The highest BCUT2D eigenvalue weighted by Gasteiger charge is 2.21. The van der Waals surface area contributed by atoms with Gasteiger partial charge in [0.2, 0.25) is 5.96 Å². The number of hydrogen-bond acceptors (Lipinski definition) is 4. The van der Waals surface area contributed by atoms with Gasteiger partial charge in [0, 0.05) is 21.9 Å². The van der Waals surface area contributed by atoms with Crippen LogP contribution in [0.3, 0.4) is 0 Å². The van der Waals surface area contributed by atoms with Crippen molar-refractivity contribution < 1.29 is 4.39 Å². The summed E-state index contributed by atoms with van der Waals surface area (Å²) in [6.45, 7) is 4.99. The predicted octanol–water partition coefficient (Wildman–Crippen LogP) is 4.28. The molecule has 0 fully saturated rings. The second-order valence-electron chi connectivity index (χ2n) is 7.21. The number of nitrogens with one attached hydrogen (secondary N) is 1. The molecule has 5 nitrogen and oxygen atoms in total. The molecule has 28 heavy (non-hydrogen) atoms. The van der Waals surface area contributed by atoms with Crippen LogP contribution in [0.2, 0.25) is 5.02 Å². The fraction of sp³-hybridized carbons (Fsp3) is 0.300. The van der Waals surface area contributed by atoms with E-state index in [2.05, 4.69) is 14.8 Å². The Labute approximate surface area is 174 Å². The summed E-state index contributed by atoms with van der Waals surface area (Å²) in [6, 6.07) is 13.9. The van der Waals surface area contributed by atoms with Crippen LogP contribution in [0.15, 0.2) is 63.5 Å². The first-order valence-corrected chi connectivity index (χ1v) is 10.1. The smallest absolute Gasteiger partial charge is 0.225 e. The van der Waals surface area contributed by atoms with Crippen molar-refractivity contribution in [2.45, 2.75) is 30.7 Å². The minimum Gasteiger partial charge on any atom is -0.324 e. The van der Waals surface area contributed by atoms with E-state index in [0.29, 0.717) is 24.1 Å². The van der Waals surface area contributed by atoms with E-state index in [4.69, 9.17) is 17.3 Å². The Morgan fingerprint density at radius 1 is 1.25 bits per heavy atom. The number of nitrogens with zero attached hydrogens (tertiary/aromatic N) is 3. The molecule has 0 saturated heterocycles. The number of guanidine groups is 1. The van der Waals surface area contributed by atoms with Gasteiger partial charge in [-0.05, 0) is 67.8 Å². The lowest BCUT2D eigenvalue weighted by Gasteiger charge is -2.20. The van der Waals surface area contributed by atoms with Gasteiger partial charge in [0.05, 0.1) is 18.8 Å². The van der Waals surface area contributed by atoms with Crippen LogP contribution < -0.4 is 10.5 Å². The molecule has 0 amide bonds. The van der Waals surface area contributed by atoms with E-state index in [1.54, 1.807) is 12.1 Å². The number of benzene rings is 2. The van der Waals surface area contributed by atoms with Crippen LogP contribution in [0.5, 0.6) is 0 Å². The van der Waals surface area contributed by atoms with Crippen molar-refractivity contribution in [3.63, 3.8) is 0 Å². The molecule has 148 valence electrons. The van der Waals surface area contributed by atoms with Crippen molar-refractivity contribution in [1.82, 2.24) is 9.73 Å². The Kier molecular flexibility index (Phi) is 6.59. The van der Waals surface area contributed by atoms with Crippen LogP contribution in [0, 0.1) is 5.82 Å². The van der Waals surface area contributed by atoms with Gasteiger partial charge in [0.1, 0.15) is 5.82 Å². The number of nitrogens with two attached hydrogens (primary N) is 1. The van der Waals surface area contributed by atoms with E-state index in [-0.39, 0.29) is 5.82 Å². The molecule has 1 aliphatic heterocycles. The first-order chi connectivity index (χ1) is 13.3. The van der Waals surface area contributed by atoms with Crippen molar-refractivity contribution in [3.05, 3.63) is 64.9 Å². The molecule has 3 N–H and O–H groups in total. The van der Waals surface area contributed by atoms with Gasteiger partial charge >= 0.3 is 0 Å². The summed E-state index contributed by atoms with van der Waals surface area (Å²) < 4.78 is 16.5. The van der Waals surface area contributed by atoms with E-state index in [1.807, 2.05) is 43.1 Å². The summed E-state index contributed by atoms with van der Waals surface area (Å²) in [5.74, 6) is 0.378. The third kappa shape index (κ3) is 5.95. The maximum atomic E-state index is 13.2. The maximum absolute atomic E-state index is 13.2. The van der Waals surface area contributed by atoms with Gasteiger partial charge in [-0.25, -0.2) is 14.4 Å². The minimum atomic E-state index is -0.429. The molecule has 0 bridgehead atoms. The third-order valence-corrected chi connectivity index (χ3v) is 4.98. The number of halogens is 2. The zero-order valence-electron chi connectivity index (χ0n) is 15.8. The van der Waals surface area contributed by atoms with Gasteiger partial charge < -0.3 is 5.73 Å². The summed E-state index contributed by atoms with van der Waals surface area (Å²) in [4.78, 5) is 5.65. The number of hydrogen-bond donors (Lipinski definition) is 2. The van der Waals surface area contributed by atoms with Crippen LogP contribution >= 0.6 is 23.5 Å². The number of aliphatic imine (C=N–C) groups is 1. The average Bonchev–Trinajstić information content (AvgIpc) is 3.13. The molecule has 3 rings (SSSR count). The molecular formula is C20H23ClFN5S. The molecule has 0 aliphatic carbocycles. The van der Waals surface area contributed by atoms with Gasteiger partial charge in [0.25, 0.3) is 0 Å². The number of rotatable bonds is 5. The third-order valence-electron chi connectivity index (χ3n) is 3.93. The second kappa shape index (κ2) is 8.94. The molecule has 0 spiro atoms. The summed E-state index contributed by atoms with van der Waals surface area (Å²) in [5, 5.41) is 7.19. The van der Waals surface area contributed by atoms with Crippen LogP contribution in [0.1, 0.15) is 25.8 Å². The van der Waals surface area contributed by atoms with Crippen molar-refractivity contribution in [2.24, 2.45) is 15.8 Å². The maximum Gasteiger partial charge on any atom is 0.225 e. The Hall–Kier alpha value is -2.09. The minimum absolute atomic E-state index is 0.257. The fourth-order valence-electron chi connectivity index (χ4n) is 2.51. The van der Waals surface area contributed by atoms with Crippen LogP contribution in [-0.4, -0.2) is 35.3 Å². The standard InChI is InChI=1S/C20H23ClFN5S/c1-20(2,23)13-24-19(26-28-17-9-5-15(21)6-10-17)27-12-11-18(25-27)14-3-7-16(22)8-4-14/h3-10H,11-13,23H2,1-2H3,(H,24,26). The van der Waals surface area contributed by atoms with E-state index in [9.17, 15) is 4.39 Å². The van der Waals surface area contributed by atoms with Gasteiger partial charge in [-0.2, -0.15) is 5.10 Å². The van der Waals surface area contributed by atoms with Gasteiger partial charge in [-0.3, -0.25) is 4.72 Å². The van der Waals surface area contributed by atoms with E-state index < -0.39 is 5.54 Å².